The minimum Gasteiger partial charge on any atom is -0.352 e. The molecule has 156 valence electrons. The molecule has 29 heavy (non-hydrogen) atoms. The van der Waals surface area contributed by atoms with Gasteiger partial charge in [-0.2, -0.15) is 0 Å². The van der Waals surface area contributed by atoms with Gasteiger partial charge in [-0.25, -0.2) is 8.42 Å². The summed E-state index contributed by atoms with van der Waals surface area (Å²) in [5.41, 5.74) is 0.682. The summed E-state index contributed by atoms with van der Waals surface area (Å²) in [5, 5.41) is 3.31. The zero-order chi connectivity index (χ0) is 20.7. The summed E-state index contributed by atoms with van der Waals surface area (Å²) in [7, 11) is -3.82. The molecule has 8 heteroatoms. The molecule has 1 aliphatic rings. The van der Waals surface area contributed by atoms with Crippen molar-refractivity contribution < 1.29 is 13.2 Å². The molecule has 6 nitrogen and oxygen atoms in total. The molecule has 1 aliphatic heterocycles. The van der Waals surface area contributed by atoms with E-state index in [2.05, 4.69) is 14.9 Å². The number of sulfonamides is 1. The van der Waals surface area contributed by atoms with Gasteiger partial charge < -0.3 is 10.2 Å². The third-order valence-electron chi connectivity index (χ3n) is 4.87. The highest BCUT2D eigenvalue weighted by Crippen LogP contribution is 2.20. The van der Waals surface area contributed by atoms with E-state index in [4.69, 9.17) is 11.6 Å². The molecular weight excluding hydrogens is 410 g/mol. The highest BCUT2D eigenvalue weighted by atomic mass is 35.5. The van der Waals surface area contributed by atoms with Gasteiger partial charge in [-0.15, -0.1) is 0 Å². The molecule has 0 bridgehead atoms. The number of likely N-dealkylation sites (tertiary alicyclic amines) is 1. The number of rotatable bonds is 8. The van der Waals surface area contributed by atoms with Crippen LogP contribution in [0.15, 0.2) is 53.4 Å². The topological polar surface area (TPSA) is 78.5 Å². The van der Waals surface area contributed by atoms with Crippen molar-refractivity contribution in [1.82, 2.24) is 10.2 Å². The van der Waals surface area contributed by atoms with Crippen LogP contribution in [0.5, 0.6) is 0 Å². The first-order chi connectivity index (χ1) is 13.9. The van der Waals surface area contributed by atoms with E-state index in [0.29, 0.717) is 22.8 Å². The predicted molar refractivity (Wildman–Crippen MR) is 116 cm³/mol. The van der Waals surface area contributed by atoms with Crippen LogP contribution in [0.3, 0.4) is 0 Å². The van der Waals surface area contributed by atoms with Crippen LogP contribution in [0.2, 0.25) is 5.02 Å². The van der Waals surface area contributed by atoms with Crippen molar-refractivity contribution in [2.75, 3.05) is 30.9 Å². The van der Waals surface area contributed by atoms with Crippen LogP contribution in [-0.4, -0.2) is 45.4 Å². The Bertz CT molecular complexity index is 944. The average Bonchev–Trinajstić information content (AvgIpc) is 2.71. The number of nitrogens with zero attached hydrogens (tertiary/aromatic N) is 1. The Balaban J connectivity index is 1.57. The number of carbonyl (C=O) groups excluding carboxylic acids is 1. The number of amides is 1. The van der Waals surface area contributed by atoms with Gasteiger partial charge in [-0.3, -0.25) is 9.52 Å². The molecular formula is C21H26ClN3O3S. The number of piperidine rings is 1. The van der Waals surface area contributed by atoms with E-state index < -0.39 is 10.0 Å². The van der Waals surface area contributed by atoms with Gasteiger partial charge in [-0.05, 0) is 75.3 Å². The molecule has 3 rings (SSSR count). The molecule has 1 heterocycles. The Kier molecular flexibility index (Phi) is 7.52. The van der Waals surface area contributed by atoms with Gasteiger partial charge in [0.05, 0.1) is 10.6 Å². The number of halogens is 1. The molecule has 0 aliphatic carbocycles. The third-order valence-corrected chi connectivity index (χ3v) is 6.48. The molecule has 0 atom stereocenters. The zero-order valence-corrected chi connectivity index (χ0v) is 17.8. The highest BCUT2D eigenvalue weighted by molar-refractivity contribution is 7.92. The highest BCUT2D eigenvalue weighted by Gasteiger charge is 2.17. The van der Waals surface area contributed by atoms with Gasteiger partial charge in [0.2, 0.25) is 0 Å². The van der Waals surface area contributed by atoms with Gasteiger partial charge >= 0.3 is 0 Å². The van der Waals surface area contributed by atoms with E-state index in [9.17, 15) is 13.2 Å². The summed E-state index contributed by atoms with van der Waals surface area (Å²) in [6.07, 6.45) is 4.67. The predicted octanol–water partition coefficient (Wildman–Crippen LogP) is 3.75. The molecule has 2 aromatic rings. The minimum atomic E-state index is -3.82. The molecule has 2 N–H and O–H groups in total. The maximum atomic E-state index is 12.6. The van der Waals surface area contributed by atoms with E-state index in [1.165, 1.54) is 37.5 Å². The Hall–Kier alpha value is -2.09. The summed E-state index contributed by atoms with van der Waals surface area (Å²) in [6, 6.07) is 12.5. The van der Waals surface area contributed by atoms with Crippen LogP contribution in [0.4, 0.5) is 5.69 Å². The van der Waals surface area contributed by atoms with Crippen LogP contribution >= 0.6 is 11.6 Å². The fraction of sp³-hybridized carbons (Fsp3) is 0.381. The summed E-state index contributed by atoms with van der Waals surface area (Å²) >= 11 is 5.91. The van der Waals surface area contributed by atoms with E-state index >= 15 is 0 Å². The van der Waals surface area contributed by atoms with E-state index in [0.717, 1.165) is 26.1 Å². The average molecular weight is 436 g/mol. The molecule has 1 amide bonds. The van der Waals surface area contributed by atoms with Crippen molar-refractivity contribution in [3.8, 4) is 0 Å². The van der Waals surface area contributed by atoms with Gasteiger partial charge in [0, 0.05) is 17.1 Å². The SMILES string of the molecule is O=C(NCCCN1CCCCC1)c1cccc(S(=O)(=O)Nc2cccc(Cl)c2)c1. The summed E-state index contributed by atoms with van der Waals surface area (Å²) in [5.74, 6) is -0.275. The second-order valence-corrected chi connectivity index (χ2v) is 9.27. The molecule has 0 unspecified atom stereocenters. The van der Waals surface area contributed by atoms with Crippen molar-refractivity contribution in [3.05, 3.63) is 59.1 Å². The van der Waals surface area contributed by atoms with Gasteiger partial charge in [0.25, 0.3) is 15.9 Å². The fourth-order valence-corrected chi connectivity index (χ4v) is 4.65. The normalized spacial score (nSPS) is 15.1. The number of hydrogen-bond donors (Lipinski definition) is 2. The maximum Gasteiger partial charge on any atom is 0.261 e. The first-order valence-electron chi connectivity index (χ1n) is 9.83. The Morgan fingerprint density at radius 1 is 1.03 bits per heavy atom. The molecule has 0 saturated carbocycles. The van der Waals surface area contributed by atoms with Gasteiger partial charge in [-0.1, -0.05) is 30.2 Å². The number of nitrogens with one attached hydrogen (secondary N) is 2. The maximum absolute atomic E-state index is 12.6. The van der Waals surface area contributed by atoms with Gasteiger partial charge in [0.1, 0.15) is 0 Å². The van der Waals surface area contributed by atoms with Crippen LogP contribution in [0, 0.1) is 0 Å². The Labute approximate surface area is 177 Å². The smallest absolute Gasteiger partial charge is 0.261 e. The number of benzene rings is 2. The van der Waals surface area contributed by atoms with Crippen LogP contribution in [-0.2, 0) is 10.0 Å². The minimum absolute atomic E-state index is 0.0263. The number of hydrogen-bond acceptors (Lipinski definition) is 4. The molecule has 0 radical (unpaired) electrons. The second kappa shape index (κ2) is 10.1. The lowest BCUT2D eigenvalue weighted by Gasteiger charge is -2.26. The summed E-state index contributed by atoms with van der Waals surface area (Å²) in [6.45, 7) is 3.80. The summed E-state index contributed by atoms with van der Waals surface area (Å²) in [4.78, 5) is 14.9. The lowest BCUT2D eigenvalue weighted by atomic mass is 10.1. The Morgan fingerprint density at radius 2 is 1.79 bits per heavy atom. The first kappa shape index (κ1) is 21.6. The van der Waals surface area contributed by atoms with Crippen LogP contribution < -0.4 is 10.0 Å². The van der Waals surface area contributed by atoms with Crippen LogP contribution in [0.25, 0.3) is 0 Å². The van der Waals surface area contributed by atoms with E-state index in [1.54, 1.807) is 30.3 Å². The van der Waals surface area contributed by atoms with Crippen molar-refractivity contribution in [1.29, 1.82) is 0 Å². The molecule has 1 saturated heterocycles. The van der Waals surface area contributed by atoms with Crippen LogP contribution in [0.1, 0.15) is 36.0 Å². The first-order valence-corrected chi connectivity index (χ1v) is 11.7. The van der Waals surface area contributed by atoms with Crippen molar-refractivity contribution in [2.24, 2.45) is 0 Å². The lowest BCUT2D eigenvalue weighted by Crippen LogP contribution is -2.33. The number of carbonyl (C=O) groups is 1. The summed E-state index contributed by atoms with van der Waals surface area (Å²) < 4.78 is 27.7. The van der Waals surface area contributed by atoms with Crippen molar-refractivity contribution in [3.63, 3.8) is 0 Å². The molecule has 0 spiro atoms. The zero-order valence-electron chi connectivity index (χ0n) is 16.2. The third kappa shape index (κ3) is 6.45. The fourth-order valence-electron chi connectivity index (χ4n) is 3.36. The number of anilines is 1. The van der Waals surface area contributed by atoms with E-state index in [1.807, 2.05) is 0 Å². The lowest BCUT2D eigenvalue weighted by molar-refractivity contribution is 0.0951. The van der Waals surface area contributed by atoms with E-state index in [-0.39, 0.29) is 10.8 Å². The van der Waals surface area contributed by atoms with Gasteiger partial charge in [0.15, 0.2) is 0 Å². The quantitative estimate of drug-likeness (QED) is 0.619. The largest absolute Gasteiger partial charge is 0.352 e. The second-order valence-electron chi connectivity index (χ2n) is 7.16. The molecule has 0 aromatic heterocycles. The molecule has 1 fully saturated rings. The van der Waals surface area contributed by atoms with Crippen molar-refractivity contribution in [2.45, 2.75) is 30.6 Å². The Morgan fingerprint density at radius 3 is 2.55 bits per heavy atom. The standard InChI is InChI=1S/C21H26ClN3O3S/c22-18-8-5-9-19(16-18)24-29(27,28)20-10-4-7-17(15-20)21(26)23-11-6-14-25-12-2-1-3-13-25/h4-5,7-10,15-16,24H,1-3,6,11-14H2,(H,23,26). The monoisotopic (exact) mass is 435 g/mol. The van der Waals surface area contributed by atoms with Crippen molar-refractivity contribution >= 4 is 33.2 Å². The molecule has 2 aromatic carbocycles.